The highest BCUT2D eigenvalue weighted by atomic mass is 32.2. The van der Waals surface area contributed by atoms with Gasteiger partial charge in [-0.1, -0.05) is 55.8 Å². The monoisotopic (exact) mass is 977 g/mol. The first-order valence-corrected chi connectivity index (χ1v) is 25.0. The van der Waals surface area contributed by atoms with Gasteiger partial charge >= 0.3 is 6.15 Å². The van der Waals surface area contributed by atoms with Crippen LogP contribution in [0.1, 0.15) is 90.6 Å². The van der Waals surface area contributed by atoms with Gasteiger partial charge in [0, 0.05) is 64.0 Å². The summed E-state index contributed by atoms with van der Waals surface area (Å²) in [4.78, 5) is 93.6. The van der Waals surface area contributed by atoms with E-state index in [1.165, 1.54) is 23.9 Å². The average molecular weight is 978 g/mol. The zero-order valence-corrected chi connectivity index (χ0v) is 40.6. The number of aliphatic hydroxyl groups is 2. The quantitative estimate of drug-likeness (QED) is 0.125. The summed E-state index contributed by atoms with van der Waals surface area (Å²) in [7, 11) is 0. The highest BCUT2D eigenvalue weighted by Gasteiger charge is 2.79. The number of aliphatic hydroxyl groups excluding tert-OH is 2. The molecule has 2 aromatic rings. The molecule has 0 radical (unpaired) electrons. The number of alkyl halides is 1. The van der Waals surface area contributed by atoms with Gasteiger partial charge in [-0.15, -0.1) is 11.8 Å². The van der Waals surface area contributed by atoms with Crippen molar-refractivity contribution in [3.05, 3.63) is 83.5 Å². The van der Waals surface area contributed by atoms with Crippen LogP contribution in [0, 0.1) is 28.6 Å². The van der Waals surface area contributed by atoms with Gasteiger partial charge in [-0.05, 0) is 94.5 Å². The molecule has 68 heavy (non-hydrogen) atoms. The van der Waals surface area contributed by atoms with Crippen molar-refractivity contribution in [3.63, 3.8) is 0 Å². The standard InChI is InChI=1S/C49H60FN3O10S2.CO2/c1-27(20-38(56)28(2)52-42(59)17-19-51-44(61)29(3)64-6)43(60)53-33-8-7-9-35(22-33)65-26-30-10-12-31(13-11-30)45-62-41-23-37-36-15-14-32-21-34(55)16-18-46(32,4)48(36,50)39(57)24-47(37,5)49(41,63-45)40(58)25-54;2-1-3/h7-13,16,18,21-22,27-29,36-37,39,41,45,54,57H,14-15,17,19-20,23-26H2,1-6H3,(H,51,61)(H,52,59)(H,53,60);/t27-,28+,29?,36+,37+,39+,41-,45-,46+,47+,48+,49-;/m1./s1. The van der Waals surface area contributed by atoms with Crippen molar-refractivity contribution >= 4 is 70.4 Å². The number of anilines is 1. The lowest BCUT2D eigenvalue weighted by Crippen LogP contribution is -2.69. The Bertz CT molecular complexity index is 2380. The van der Waals surface area contributed by atoms with Gasteiger partial charge in [0.05, 0.1) is 23.5 Å². The van der Waals surface area contributed by atoms with Gasteiger partial charge in [0.1, 0.15) is 6.61 Å². The fourth-order valence-corrected chi connectivity index (χ4v) is 12.3. The number of hydrogen-bond acceptors (Lipinski definition) is 14. The van der Waals surface area contributed by atoms with Crippen molar-refractivity contribution in [2.75, 3.05) is 24.7 Å². The number of rotatable bonds is 17. The average Bonchev–Trinajstić information content (AvgIpc) is 3.81. The SMILES string of the molecule is CSC(C)C(=O)NCCC(=O)N[C@@H](C)C(=O)C[C@@H](C)C(=O)Nc1cccc(SCc2ccc([C@@H]3O[C@@H]4C[C@H]5[C@@H]6CCC7=CC(=O)C=C[C@]7(C)[C@@]6(F)[C@@H](O)C[C@]5(C)[C@]4(C(=O)CO)O3)cc2)c1.O=C=O. The van der Waals surface area contributed by atoms with E-state index in [0.29, 0.717) is 41.8 Å². The van der Waals surface area contributed by atoms with E-state index in [4.69, 9.17) is 19.1 Å². The van der Waals surface area contributed by atoms with Gasteiger partial charge in [0.2, 0.25) is 17.7 Å². The zero-order valence-electron chi connectivity index (χ0n) is 39.0. The number of nitrogens with one attached hydrogen (secondary N) is 3. The first-order valence-electron chi connectivity index (χ1n) is 22.8. The van der Waals surface area contributed by atoms with Crippen LogP contribution in [0.25, 0.3) is 0 Å². The summed E-state index contributed by atoms with van der Waals surface area (Å²) in [6.45, 7) is 7.98. The molecule has 5 N–H and O–H groups in total. The molecular weight excluding hydrogens is 918 g/mol. The van der Waals surface area contributed by atoms with E-state index < -0.39 is 76.8 Å². The fourth-order valence-electron chi connectivity index (χ4n) is 11.1. The minimum absolute atomic E-state index is 0.0316. The Balaban J connectivity index is 0.00000247. The third-order valence-corrected chi connectivity index (χ3v) is 16.9. The van der Waals surface area contributed by atoms with Gasteiger partial charge in [-0.2, -0.15) is 21.4 Å². The summed E-state index contributed by atoms with van der Waals surface area (Å²) in [6, 6.07) is 14.2. The summed E-state index contributed by atoms with van der Waals surface area (Å²) in [5.74, 6) is -3.02. The van der Waals surface area contributed by atoms with E-state index in [2.05, 4.69) is 16.0 Å². The molecule has 7 rings (SSSR count). The summed E-state index contributed by atoms with van der Waals surface area (Å²) in [5, 5.41) is 30.2. The number of carbonyl (C=O) groups excluding carboxylic acids is 8. The number of amides is 3. The van der Waals surface area contributed by atoms with Crippen LogP contribution in [0.4, 0.5) is 10.1 Å². The van der Waals surface area contributed by atoms with Gasteiger partial charge in [-0.25, -0.2) is 4.39 Å². The highest BCUT2D eigenvalue weighted by Crippen LogP contribution is 2.72. The number of ether oxygens (including phenoxy) is 2. The molecule has 15 nitrogen and oxygen atoms in total. The van der Waals surface area contributed by atoms with Crippen LogP contribution in [-0.2, 0) is 53.6 Å². The minimum Gasteiger partial charge on any atom is -0.390 e. The molecule has 5 aliphatic rings. The summed E-state index contributed by atoms with van der Waals surface area (Å²) < 4.78 is 30.9. The Hall–Kier alpha value is -4.81. The lowest BCUT2D eigenvalue weighted by Gasteiger charge is -2.62. The number of carbonyl (C=O) groups is 6. The molecule has 2 aromatic carbocycles. The van der Waals surface area contributed by atoms with Crippen LogP contribution in [-0.4, -0.2) is 106 Å². The lowest BCUT2D eigenvalue weighted by molar-refractivity contribution is -0.231. The van der Waals surface area contributed by atoms with Crippen molar-refractivity contribution in [2.24, 2.45) is 28.6 Å². The first-order chi connectivity index (χ1) is 32.2. The molecule has 1 unspecified atom stereocenters. The second-order valence-electron chi connectivity index (χ2n) is 18.8. The van der Waals surface area contributed by atoms with Crippen molar-refractivity contribution in [3.8, 4) is 0 Å². The van der Waals surface area contributed by atoms with Crippen LogP contribution in [0.3, 0.4) is 0 Å². The molecule has 0 aromatic heterocycles. The predicted octanol–water partition coefficient (Wildman–Crippen LogP) is 5.39. The van der Waals surface area contributed by atoms with Gasteiger partial charge in [0.25, 0.3) is 0 Å². The maximum Gasteiger partial charge on any atom is 0.373 e. The second-order valence-corrected chi connectivity index (χ2v) is 21.0. The van der Waals surface area contributed by atoms with E-state index in [0.717, 1.165) is 10.5 Å². The van der Waals surface area contributed by atoms with Crippen molar-refractivity contribution in [1.29, 1.82) is 0 Å². The molecule has 1 aliphatic heterocycles. The van der Waals surface area contributed by atoms with Crippen molar-refractivity contribution in [2.45, 2.75) is 125 Å². The number of hydrogen-bond donors (Lipinski definition) is 5. The van der Waals surface area contributed by atoms with Gasteiger partial charge in [-0.3, -0.25) is 28.8 Å². The molecule has 3 amide bonds. The Kier molecular flexibility index (Phi) is 16.6. The highest BCUT2D eigenvalue weighted by molar-refractivity contribution is 7.99. The molecule has 0 bridgehead atoms. The third kappa shape index (κ3) is 9.96. The maximum atomic E-state index is 17.7. The number of thioether (sulfide) groups is 2. The van der Waals surface area contributed by atoms with Crippen molar-refractivity contribution in [1.82, 2.24) is 10.6 Å². The largest absolute Gasteiger partial charge is 0.390 e. The number of benzene rings is 2. The van der Waals surface area contributed by atoms with E-state index in [9.17, 15) is 39.0 Å². The number of fused-ring (bicyclic) bond motifs is 7. The Morgan fingerprint density at radius 2 is 1.72 bits per heavy atom. The maximum absolute atomic E-state index is 17.7. The van der Waals surface area contributed by atoms with Gasteiger partial charge in [0.15, 0.2) is 34.9 Å². The Labute approximate surface area is 403 Å². The second kappa shape index (κ2) is 21.5. The number of ketones is 3. The number of Topliss-reactive ketones (excluding diaryl/α,β-unsaturated/α-hetero) is 2. The summed E-state index contributed by atoms with van der Waals surface area (Å²) in [6.07, 6.45) is 4.42. The molecule has 0 spiro atoms. The zero-order chi connectivity index (χ0) is 49.8. The van der Waals surface area contributed by atoms with Gasteiger partial charge < -0.3 is 35.6 Å². The molecule has 12 atom stereocenters. The molecular formula is C50H60FN3O12S2. The normalized spacial score (nSPS) is 31.1. The molecule has 3 saturated carbocycles. The van der Waals surface area contributed by atoms with Crippen LogP contribution < -0.4 is 16.0 Å². The predicted molar refractivity (Wildman–Crippen MR) is 250 cm³/mol. The van der Waals surface area contributed by atoms with E-state index >= 15 is 4.39 Å². The topological polar surface area (TPSA) is 232 Å². The lowest BCUT2D eigenvalue weighted by atomic mass is 9.44. The van der Waals surface area contributed by atoms with E-state index in [-0.39, 0.29) is 66.5 Å². The Morgan fingerprint density at radius 3 is 2.40 bits per heavy atom. The van der Waals surface area contributed by atoms with Crippen LogP contribution in [0.5, 0.6) is 0 Å². The van der Waals surface area contributed by atoms with E-state index in [1.54, 1.807) is 51.6 Å². The molecule has 1 heterocycles. The minimum atomic E-state index is -2.08. The van der Waals surface area contributed by atoms with E-state index in [1.807, 2.05) is 55.6 Å². The van der Waals surface area contributed by atoms with Crippen molar-refractivity contribution < 1.29 is 62.4 Å². The summed E-state index contributed by atoms with van der Waals surface area (Å²) >= 11 is 2.96. The molecule has 4 aliphatic carbocycles. The molecule has 4 fully saturated rings. The fraction of sp³-hybridized carbons (Fsp3) is 0.540. The molecule has 366 valence electrons. The molecule has 18 heteroatoms. The number of allylic oxidation sites excluding steroid dienone is 4. The third-order valence-electron chi connectivity index (χ3n) is 14.9. The van der Waals surface area contributed by atoms with Crippen LogP contribution >= 0.6 is 23.5 Å². The molecule has 1 saturated heterocycles. The van der Waals surface area contributed by atoms with Crippen LogP contribution in [0.15, 0.2) is 77.2 Å². The number of halogens is 1. The first kappa shape index (κ1) is 52.6. The summed E-state index contributed by atoms with van der Waals surface area (Å²) in [5.41, 5.74) is -3.03. The Morgan fingerprint density at radius 1 is 1.01 bits per heavy atom. The smallest absolute Gasteiger partial charge is 0.373 e. The van der Waals surface area contributed by atoms with Crippen LogP contribution in [0.2, 0.25) is 0 Å².